The van der Waals surface area contributed by atoms with Gasteiger partial charge in [-0.05, 0) is 37.5 Å². The molecule has 0 unspecified atom stereocenters. The maximum Gasteiger partial charge on any atom is 0.313 e. The smallest absolute Gasteiger partial charge is 0.313 e. The van der Waals surface area contributed by atoms with E-state index in [-0.39, 0.29) is 5.69 Å². The summed E-state index contributed by atoms with van der Waals surface area (Å²) in [6.07, 6.45) is 2.89. The van der Waals surface area contributed by atoms with Crippen LogP contribution in [0.2, 0.25) is 0 Å². The number of carbonyl (C=O) groups is 2. The summed E-state index contributed by atoms with van der Waals surface area (Å²) in [6, 6.07) is 4.26. The molecule has 2 amide bonds. The van der Waals surface area contributed by atoms with Crippen molar-refractivity contribution in [1.29, 1.82) is 0 Å². The Morgan fingerprint density at radius 3 is 2.53 bits per heavy atom. The molecule has 0 bridgehead atoms. The van der Waals surface area contributed by atoms with E-state index in [1.165, 1.54) is 17.0 Å². The molecule has 19 heavy (non-hydrogen) atoms. The van der Waals surface area contributed by atoms with Gasteiger partial charge in [0, 0.05) is 17.6 Å². The Balaban J connectivity index is 2.01. The fourth-order valence-electron chi connectivity index (χ4n) is 2.01. The minimum Gasteiger partial charge on any atom is -0.334 e. The van der Waals surface area contributed by atoms with Crippen molar-refractivity contribution in [1.82, 2.24) is 4.90 Å². The molecule has 0 spiro atoms. The summed E-state index contributed by atoms with van der Waals surface area (Å²) in [5.74, 6) is -1.96. The molecule has 0 aromatic heterocycles. The number of nitrogens with zero attached hydrogens (tertiary/aromatic N) is 1. The van der Waals surface area contributed by atoms with Gasteiger partial charge in [-0.3, -0.25) is 9.59 Å². The van der Waals surface area contributed by atoms with Crippen molar-refractivity contribution in [3.8, 4) is 0 Å². The van der Waals surface area contributed by atoms with Gasteiger partial charge in [-0.15, -0.1) is 0 Å². The molecule has 102 valence electrons. The summed E-state index contributed by atoms with van der Waals surface area (Å²) >= 11 is 3.13. The lowest BCUT2D eigenvalue weighted by Gasteiger charge is -2.25. The molecule has 1 fully saturated rings. The topological polar surface area (TPSA) is 49.4 Å². The maximum atomic E-state index is 13.5. The van der Waals surface area contributed by atoms with E-state index in [1.807, 2.05) is 0 Å². The third-order valence-electron chi connectivity index (χ3n) is 3.02. The number of likely N-dealkylation sites (tertiary alicyclic amines) is 1. The molecule has 0 atom stereocenters. The van der Waals surface area contributed by atoms with E-state index in [2.05, 4.69) is 21.2 Å². The average Bonchev–Trinajstić information content (AvgIpc) is 2.42. The molecule has 1 N–H and O–H groups in total. The van der Waals surface area contributed by atoms with Crippen LogP contribution in [0.3, 0.4) is 0 Å². The van der Waals surface area contributed by atoms with Crippen molar-refractivity contribution in [3.63, 3.8) is 0 Å². The zero-order chi connectivity index (χ0) is 13.8. The molecule has 2 rings (SSSR count). The molecule has 1 aliphatic rings. The lowest BCUT2D eigenvalue weighted by molar-refractivity contribution is -0.143. The number of amides is 2. The SMILES string of the molecule is O=C(Nc1ccc(Br)cc1F)C(=O)N1CCCCC1. The number of piperidine rings is 1. The average molecular weight is 329 g/mol. The number of hydrogen-bond donors (Lipinski definition) is 1. The quantitative estimate of drug-likeness (QED) is 0.805. The first-order valence-electron chi connectivity index (χ1n) is 6.13. The Labute approximate surface area is 119 Å². The molecule has 1 heterocycles. The molecular formula is C13H14BrFN2O2. The van der Waals surface area contributed by atoms with E-state index in [1.54, 1.807) is 6.07 Å². The normalized spacial score (nSPS) is 15.2. The number of benzene rings is 1. The number of anilines is 1. The predicted octanol–water partition coefficient (Wildman–Crippen LogP) is 2.54. The molecule has 0 saturated carbocycles. The van der Waals surface area contributed by atoms with Gasteiger partial charge in [-0.25, -0.2) is 4.39 Å². The van der Waals surface area contributed by atoms with Gasteiger partial charge in [0.25, 0.3) is 0 Å². The van der Waals surface area contributed by atoms with E-state index in [0.29, 0.717) is 17.6 Å². The van der Waals surface area contributed by atoms with Crippen LogP contribution in [0.15, 0.2) is 22.7 Å². The molecule has 0 radical (unpaired) electrons. The van der Waals surface area contributed by atoms with Crippen molar-refractivity contribution in [2.24, 2.45) is 0 Å². The predicted molar refractivity (Wildman–Crippen MR) is 73.2 cm³/mol. The molecule has 6 heteroatoms. The Hall–Kier alpha value is -1.43. The highest BCUT2D eigenvalue weighted by atomic mass is 79.9. The number of halogens is 2. The van der Waals surface area contributed by atoms with Crippen LogP contribution >= 0.6 is 15.9 Å². The summed E-state index contributed by atoms with van der Waals surface area (Å²) in [7, 11) is 0. The monoisotopic (exact) mass is 328 g/mol. The molecule has 1 aromatic rings. The number of nitrogens with one attached hydrogen (secondary N) is 1. The van der Waals surface area contributed by atoms with Gasteiger partial charge in [-0.1, -0.05) is 15.9 Å². The van der Waals surface area contributed by atoms with Gasteiger partial charge >= 0.3 is 11.8 Å². The third-order valence-corrected chi connectivity index (χ3v) is 3.51. The first kappa shape index (κ1) is 14.0. The fourth-order valence-corrected chi connectivity index (χ4v) is 2.34. The van der Waals surface area contributed by atoms with Crippen LogP contribution in [0.4, 0.5) is 10.1 Å². The van der Waals surface area contributed by atoms with Crippen LogP contribution in [0, 0.1) is 5.82 Å². The van der Waals surface area contributed by atoms with Crippen LogP contribution in [-0.2, 0) is 9.59 Å². The van der Waals surface area contributed by atoms with Crippen LogP contribution in [0.5, 0.6) is 0 Å². The molecular weight excluding hydrogens is 315 g/mol. The second kappa shape index (κ2) is 6.14. The van der Waals surface area contributed by atoms with Crippen molar-refractivity contribution < 1.29 is 14.0 Å². The van der Waals surface area contributed by atoms with E-state index < -0.39 is 17.6 Å². The van der Waals surface area contributed by atoms with Crippen LogP contribution in [0.25, 0.3) is 0 Å². The molecule has 1 saturated heterocycles. The second-order valence-electron chi connectivity index (χ2n) is 4.43. The van der Waals surface area contributed by atoms with E-state index in [9.17, 15) is 14.0 Å². The van der Waals surface area contributed by atoms with Crippen molar-refractivity contribution in [3.05, 3.63) is 28.5 Å². The van der Waals surface area contributed by atoms with Crippen molar-refractivity contribution in [2.75, 3.05) is 18.4 Å². The minimum atomic E-state index is -0.789. The first-order valence-corrected chi connectivity index (χ1v) is 6.92. The highest BCUT2D eigenvalue weighted by Gasteiger charge is 2.23. The highest BCUT2D eigenvalue weighted by Crippen LogP contribution is 2.19. The first-order chi connectivity index (χ1) is 9.08. The zero-order valence-electron chi connectivity index (χ0n) is 10.3. The van der Waals surface area contributed by atoms with Crippen molar-refractivity contribution >= 4 is 33.4 Å². The molecule has 0 aliphatic carbocycles. The van der Waals surface area contributed by atoms with Crippen LogP contribution in [-0.4, -0.2) is 29.8 Å². The summed E-state index contributed by atoms with van der Waals surface area (Å²) in [4.78, 5) is 25.1. The summed E-state index contributed by atoms with van der Waals surface area (Å²) in [5.41, 5.74) is 0.0126. The Bertz CT molecular complexity index is 501. The zero-order valence-corrected chi connectivity index (χ0v) is 11.9. The van der Waals surface area contributed by atoms with Gasteiger partial charge < -0.3 is 10.2 Å². The van der Waals surface area contributed by atoms with E-state index >= 15 is 0 Å². The lowest BCUT2D eigenvalue weighted by Crippen LogP contribution is -2.42. The van der Waals surface area contributed by atoms with Gasteiger partial charge in [0.1, 0.15) is 5.82 Å². The van der Waals surface area contributed by atoms with Crippen molar-refractivity contribution in [2.45, 2.75) is 19.3 Å². The van der Waals surface area contributed by atoms with Gasteiger partial charge in [-0.2, -0.15) is 0 Å². The maximum absolute atomic E-state index is 13.5. The summed E-state index contributed by atoms with van der Waals surface area (Å²) in [6.45, 7) is 1.18. The number of carbonyl (C=O) groups excluding carboxylic acids is 2. The van der Waals surface area contributed by atoms with E-state index in [0.717, 1.165) is 19.3 Å². The molecule has 1 aromatic carbocycles. The summed E-state index contributed by atoms with van der Waals surface area (Å²) < 4.78 is 14.1. The summed E-state index contributed by atoms with van der Waals surface area (Å²) in [5, 5.41) is 2.31. The fraction of sp³-hybridized carbons (Fsp3) is 0.385. The number of rotatable bonds is 1. The molecule has 4 nitrogen and oxygen atoms in total. The van der Waals surface area contributed by atoms with Gasteiger partial charge in [0.2, 0.25) is 0 Å². The minimum absolute atomic E-state index is 0.0126. The third kappa shape index (κ3) is 3.53. The van der Waals surface area contributed by atoms with Crippen LogP contribution in [0.1, 0.15) is 19.3 Å². The Morgan fingerprint density at radius 2 is 1.89 bits per heavy atom. The Kier molecular flexibility index (Phi) is 4.52. The highest BCUT2D eigenvalue weighted by molar-refractivity contribution is 9.10. The lowest BCUT2D eigenvalue weighted by atomic mass is 10.1. The number of hydrogen-bond acceptors (Lipinski definition) is 2. The van der Waals surface area contributed by atoms with Gasteiger partial charge in [0.15, 0.2) is 0 Å². The van der Waals surface area contributed by atoms with Gasteiger partial charge in [0.05, 0.1) is 5.69 Å². The standard InChI is InChI=1S/C13H14BrFN2O2/c14-9-4-5-11(10(15)8-9)16-12(18)13(19)17-6-2-1-3-7-17/h4-5,8H,1-3,6-7H2,(H,16,18). The molecule has 1 aliphatic heterocycles. The van der Waals surface area contributed by atoms with Crippen LogP contribution < -0.4 is 5.32 Å². The Morgan fingerprint density at radius 1 is 1.21 bits per heavy atom. The second-order valence-corrected chi connectivity index (χ2v) is 5.35. The largest absolute Gasteiger partial charge is 0.334 e. The van der Waals surface area contributed by atoms with E-state index in [4.69, 9.17) is 0 Å².